The maximum Gasteiger partial charge on any atom is 0.231 e. The molecule has 0 aliphatic carbocycles. The van der Waals surface area contributed by atoms with Gasteiger partial charge in [-0.1, -0.05) is 0 Å². The molecular formula is C19H14FN3O2. The number of hydrogen-bond donors (Lipinski definition) is 0. The van der Waals surface area contributed by atoms with Gasteiger partial charge in [-0.15, -0.1) is 0 Å². The van der Waals surface area contributed by atoms with Crippen LogP contribution in [-0.4, -0.2) is 20.7 Å². The first kappa shape index (κ1) is 14.1. The highest BCUT2D eigenvalue weighted by Crippen LogP contribution is 2.36. The number of hydrogen-bond acceptors (Lipinski definition) is 3. The molecule has 1 aliphatic heterocycles. The number of imidazole rings is 2. The van der Waals surface area contributed by atoms with Crippen molar-refractivity contribution in [3.8, 4) is 34.0 Å². The van der Waals surface area contributed by atoms with E-state index < -0.39 is 0 Å². The Hall–Kier alpha value is -3.28. The number of aryl methyl sites for hydroxylation is 1. The fourth-order valence-corrected chi connectivity index (χ4v) is 3.14. The van der Waals surface area contributed by atoms with Gasteiger partial charge in [0.15, 0.2) is 11.5 Å². The van der Waals surface area contributed by atoms with Crippen LogP contribution < -0.4 is 9.47 Å². The van der Waals surface area contributed by atoms with E-state index in [9.17, 15) is 4.39 Å². The van der Waals surface area contributed by atoms with Gasteiger partial charge < -0.3 is 14.0 Å². The van der Waals surface area contributed by atoms with E-state index >= 15 is 0 Å². The topological polar surface area (TPSA) is 40.7 Å². The SMILES string of the molecule is Cn1c(-c2ccc3c(c2)OCO3)cn2cc(-c3ccc(F)cc3)nc12. The summed E-state index contributed by atoms with van der Waals surface area (Å²) in [7, 11) is 1.97. The Morgan fingerprint density at radius 3 is 2.52 bits per heavy atom. The Labute approximate surface area is 142 Å². The Morgan fingerprint density at radius 2 is 1.72 bits per heavy atom. The number of nitrogens with zero attached hydrogens (tertiary/aromatic N) is 3. The van der Waals surface area contributed by atoms with Crippen molar-refractivity contribution >= 4 is 5.78 Å². The van der Waals surface area contributed by atoms with Gasteiger partial charge >= 0.3 is 0 Å². The average molecular weight is 335 g/mol. The maximum absolute atomic E-state index is 13.1. The van der Waals surface area contributed by atoms with Crippen LogP contribution in [0.1, 0.15) is 0 Å². The van der Waals surface area contributed by atoms with Crippen molar-refractivity contribution in [2.75, 3.05) is 6.79 Å². The highest BCUT2D eigenvalue weighted by Gasteiger charge is 2.17. The minimum Gasteiger partial charge on any atom is -0.454 e. The normalized spacial score (nSPS) is 12.9. The van der Waals surface area contributed by atoms with Gasteiger partial charge in [-0.2, -0.15) is 0 Å². The predicted octanol–water partition coefficient (Wildman–Crippen LogP) is 3.87. The minimum absolute atomic E-state index is 0.252. The van der Waals surface area contributed by atoms with Crippen molar-refractivity contribution in [2.24, 2.45) is 7.05 Å². The van der Waals surface area contributed by atoms with Gasteiger partial charge in [0.05, 0.1) is 11.4 Å². The summed E-state index contributed by atoms with van der Waals surface area (Å²) in [5.74, 6) is 2.08. The summed E-state index contributed by atoms with van der Waals surface area (Å²) >= 11 is 0. The molecule has 25 heavy (non-hydrogen) atoms. The molecular weight excluding hydrogens is 321 g/mol. The van der Waals surface area contributed by atoms with Crippen LogP contribution in [0.15, 0.2) is 54.9 Å². The zero-order valence-corrected chi connectivity index (χ0v) is 13.4. The van der Waals surface area contributed by atoms with Crippen LogP contribution in [0, 0.1) is 5.82 Å². The van der Waals surface area contributed by atoms with Crippen molar-refractivity contribution in [1.29, 1.82) is 0 Å². The highest BCUT2D eigenvalue weighted by molar-refractivity contribution is 5.69. The summed E-state index contributed by atoms with van der Waals surface area (Å²) in [6, 6.07) is 12.2. The lowest BCUT2D eigenvalue weighted by Crippen LogP contribution is -1.93. The lowest BCUT2D eigenvalue weighted by Gasteiger charge is -2.04. The van der Waals surface area contributed by atoms with Crippen molar-refractivity contribution in [3.63, 3.8) is 0 Å². The van der Waals surface area contributed by atoms with Crippen molar-refractivity contribution in [3.05, 3.63) is 60.7 Å². The lowest BCUT2D eigenvalue weighted by molar-refractivity contribution is 0.174. The van der Waals surface area contributed by atoms with Gasteiger partial charge in [-0.3, -0.25) is 4.40 Å². The quantitative estimate of drug-likeness (QED) is 0.558. The van der Waals surface area contributed by atoms with Crippen LogP contribution in [0.4, 0.5) is 4.39 Å². The van der Waals surface area contributed by atoms with E-state index in [-0.39, 0.29) is 12.6 Å². The lowest BCUT2D eigenvalue weighted by atomic mass is 10.1. The highest BCUT2D eigenvalue weighted by atomic mass is 19.1. The van der Waals surface area contributed by atoms with Gasteiger partial charge in [0.1, 0.15) is 5.82 Å². The molecule has 0 spiro atoms. The molecule has 0 fully saturated rings. The molecule has 0 unspecified atom stereocenters. The average Bonchev–Trinajstić information content (AvgIpc) is 3.31. The zero-order chi connectivity index (χ0) is 17.0. The van der Waals surface area contributed by atoms with Crippen molar-refractivity contribution in [1.82, 2.24) is 14.0 Å². The number of rotatable bonds is 2. The molecule has 124 valence electrons. The van der Waals surface area contributed by atoms with Gasteiger partial charge in [0, 0.05) is 30.6 Å². The molecule has 0 saturated carbocycles. The van der Waals surface area contributed by atoms with E-state index in [1.807, 2.05) is 46.6 Å². The van der Waals surface area contributed by atoms with Crippen LogP contribution in [0.5, 0.6) is 11.5 Å². The number of halogens is 1. The first-order valence-corrected chi connectivity index (χ1v) is 7.89. The number of fused-ring (bicyclic) bond motifs is 2. The molecule has 5 nitrogen and oxygen atoms in total. The molecule has 0 amide bonds. The van der Waals surface area contributed by atoms with Crippen LogP contribution in [-0.2, 0) is 7.05 Å². The summed E-state index contributed by atoms with van der Waals surface area (Å²) in [6.45, 7) is 0.260. The van der Waals surface area contributed by atoms with Gasteiger partial charge in [0.25, 0.3) is 0 Å². The Kier molecular flexibility index (Phi) is 2.88. The van der Waals surface area contributed by atoms with E-state index in [1.54, 1.807) is 12.1 Å². The van der Waals surface area contributed by atoms with Crippen molar-refractivity contribution < 1.29 is 13.9 Å². The summed E-state index contributed by atoms with van der Waals surface area (Å²) in [5.41, 5.74) is 3.74. The third-order valence-corrected chi connectivity index (χ3v) is 4.44. The number of aromatic nitrogens is 3. The van der Waals surface area contributed by atoms with Crippen molar-refractivity contribution in [2.45, 2.75) is 0 Å². The Balaban J connectivity index is 1.58. The summed E-state index contributed by atoms with van der Waals surface area (Å²) in [6.07, 6.45) is 3.96. The van der Waals surface area contributed by atoms with Crippen LogP contribution in [0.2, 0.25) is 0 Å². The van der Waals surface area contributed by atoms with Gasteiger partial charge in [0.2, 0.25) is 12.6 Å². The summed E-state index contributed by atoms with van der Waals surface area (Å²) in [5, 5.41) is 0. The molecule has 0 atom stereocenters. The second-order valence-electron chi connectivity index (χ2n) is 5.98. The number of benzene rings is 2. The van der Waals surface area contributed by atoms with Gasteiger partial charge in [-0.05, 0) is 42.5 Å². The molecule has 0 radical (unpaired) electrons. The standard InChI is InChI=1S/C19H14FN3O2/c1-22-16(13-4-7-17-18(8-13)25-11-24-17)10-23-9-15(21-19(22)23)12-2-5-14(20)6-3-12/h2-10H,11H2,1H3. The molecule has 3 heterocycles. The fourth-order valence-electron chi connectivity index (χ4n) is 3.14. The second kappa shape index (κ2) is 5.11. The summed E-state index contributed by atoms with van der Waals surface area (Å²) < 4.78 is 27.9. The third-order valence-electron chi connectivity index (χ3n) is 4.44. The molecule has 1 aliphatic rings. The van der Waals surface area contributed by atoms with E-state index in [2.05, 4.69) is 4.98 Å². The molecule has 0 saturated heterocycles. The van der Waals surface area contributed by atoms with E-state index in [0.29, 0.717) is 0 Å². The van der Waals surface area contributed by atoms with Crippen LogP contribution in [0.3, 0.4) is 0 Å². The van der Waals surface area contributed by atoms with E-state index in [0.717, 1.165) is 39.8 Å². The first-order chi connectivity index (χ1) is 12.2. The third kappa shape index (κ3) is 2.18. The molecule has 4 aromatic rings. The molecule has 2 aromatic carbocycles. The fraction of sp³-hybridized carbons (Fsp3) is 0.105. The molecule has 0 bridgehead atoms. The molecule has 2 aromatic heterocycles. The minimum atomic E-state index is -0.252. The molecule has 5 rings (SSSR count). The van der Waals surface area contributed by atoms with Crippen LogP contribution in [0.25, 0.3) is 28.3 Å². The zero-order valence-electron chi connectivity index (χ0n) is 13.4. The van der Waals surface area contributed by atoms with Gasteiger partial charge in [-0.25, -0.2) is 9.37 Å². The first-order valence-electron chi connectivity index (χ1n) is 7.89. The monoisotopic (exact) mass is 335 g/mol. The largest absolute Gasteiger partial charge is 0.454 e. The van der Waals surface area contributed by atoms with Crippen LogP contribution >= 0.6 is 0 Å². The molecule has 6 heteroatoms. The maximum atomic E-state index is 13.1. The number of ether oxygens (including phenoxy) is 2. The Morgan fingerprint density at radius 1 is 0.960 bits per heavy atom. The van der Waals surface area contributed by atoms with E-state index in [4.69, 9.17) is 9.47 Å². The smallest absolute Gasteiger partial charge is 0.231 e. The molecule has 0 N–H and O–H groups in total. The Bertz CT molecular complexity index is 1100. The van der Waals surface area contributed by atoms with E-state index in [1.165, 1.54) is 12.1 Å². The second-order valence-corrected chi connectivity index (χ2v) is 5.98. The summed E-state index contributed by atoms with van der Waals surface area (Å²) in [4.78, 5) is 4.68. The predicted molar refractivity (Wildman–Crippen MR) is 91.1 cm³/mol.